The Hall–Kier alpha value is 0.270. The van der Waals surface area contributed by atoms with E-state index in [0.717, 1.165) is 12.4 Å². The van der Waals surface area contributed by atoms with E-state index in [-0.39, 0.29) is 6.61 Å². The van der Waals surface area contributed by atoms with Crippen molar-refractivity contribution in [3.63, 3.8) is 0 Å². The Morgan fingerprint density at radius 2 is 2.33 bits per heavy atom. The Bertz CT molecular complexity index is 59.0. The van der Waals surface area contributed by atoms with Crippen molar-refractivity contribution in [1.82, 2.24) is 0 Å². The Kier molecular flexibility index (Phi) is 6.58. The Labute approximate surface area is 60.6 Å². The second-order valence-corrected chi connectivity index (χ2v) is 3.40. The monoisotopic (exact) mass is 150 g/mol. The summed E-state index contributed by atoms with van der Waals surface area (Å²) in [6.07, 6.45) is 0. The van der Waals surface area contributed by atoms with Gasteiger partial charge in [-0.1, -0.05) is 6.92 Å². The molecule has 0 spiro atoms. The Morgan fingerprint density at radius 3 is 2.78 bits per heavy atom. The number of hydrogen-bond acceptors (Lipinski definition) is 3. The van der Waals surface area contributed by atoms with Crippen LogP contribution in [0.2, 0.25) is 0 Å². The fraction of sp³-hybridized carbons (Fsp3) is 1.00. The zero-order valence-electron chi connectivity index (χ0n) is 5.96. The van der Waals surface area contributed by atoms with Crippen molar-refractivity contribution < 1.29 is 9.84 Å². The molecule has 3 heteroatoms. The van der Waals surface area contributed by atoms with Gasteiger partial charge in [0.2, 0.25) is 0 Å². The van der Waals surface area contributed by atoms with Crippen molar-refractivity contribution in [3.8, 4) is 0 Å². The maximum atomic E-state index is 8.57. The minimum atomic E-state index is 0.258. The van der Waals surface area contributed by atoms with Crippen LogP contribution in [0.4, 0.5) is 0 Å². The average Bonchev–Trinajstić information content (AvgIpc) is 1.89. The molecule has 1 N–H and O–H groups in total. The van der Waals surface area contributed by atoms with Crippen molar-refractivity contribution >= 4 is 11.8 Å². The van der Waals surface area contributed by atoms with E-state index in [9.17, 15) is 0 Å². The number of thioether (sulfide) groups is 1. The van der Waals surface area contributed by atoms with Crippen LogP contribution in [0.5, 0.6) is 0 Å². The molecule has 0 amide bonds. The highest BCUT2D eigenvalue weighted by Crippen LogP contribution is 2.07. The van der Waals surface area contributed by atoms with Crippen LogP contribution in [-0.4, -0.2) is 36.4 Å². The van der Waals surface area contributed by atoms with Crippen LogP contribution >= 0.6 is 11.8 Å². The van der Waals surface area contributed by atoms with Crippen molar-refractivity contribution in [2.24, 2.45) is 0 Å². The molecule has 0 fully saturated rings. The molecule has 56 valence electrons. The molecule has 0 saturated carbocycles. The topological polar surface area (TPSA) is 29.5 Å². The van der Waals surface area contributed by atoms with E-state index in [2.05, 4.69) is 0 Å². The Balaban J connectivity index is 2.88. The molecule has 1 atom stereocenters. The third-order valence-corrected chi connectivity index (χ3v) is 2.07. The van der Waals surface area contributed by atoms with Gasteiger partial charge in [-0.2, -0.15) is 11.8 Å². The predicted molar refractivity (Wildman–Crippen MR) is 40.9 cm³/mol. The fourth-order valence-electron chi connectivity index (χ4n) is 0.385. The van der Waals surface area contributed by atoms with Gasteiger partial charge in [0.1, 0.15) is 0 Å². The summed E-state index contributed by atoms with van der Waals surface area (Å²) in [4.78, 5) is 0. The van der Waals surface area contributed by atoms with Gasteiger partial charge in [-0.3, -0.25) is 0 Å². The zero-order valence-corrected chi connectivity index (χ0v) is 6.78. The van der Waals surface area contributed by atoms with Gasteiger partial charge in [0.15, 0.2) is 0 Å². The standard InChI is InChI=1S/C6H14O2S/c1-6(5-7)9-4-3-8-2/h6-7H,3-5H2,1-2H3. The van der Waals surface area contributed by atoms with Crippen LogP contribution in [0.1, 0.15) is 6.92 Å². The molecule has 0 aliphatic carbocycles. The van der Waals surface area contributed by atoms with Gasteiger partial charge in [0.25, 0.3) is 0 Å². The van der Waals surface area contributed by atoms with Crippen molar-refractivity contribution in [2.45, 2.75) is 12.2 Å². The smallest absolute Gasteiger partial charge is 0.0553 e. The van der Waals surface area contributed by atoms with Crippen LogP contribution in [-0.2, 0) is 4.74 Å². The molecule has 0 aliphatic heterocycles. The molecule has 0 aromatic heterocycles. The Morgan fingerprint density at radius 1 is 1.67 bits per heavy atom. The van der Waals surface area contributed by atoms with E-state index in [1.807, 2.05) is 6.92 Å². The summed E-state index contributed by atoms with van der Waals surface area (Å²) in [5, 5.41) is 8.92. The fourth-order valence-corrected chi connectivity index (χ4v) is 1.16. The summed E-state index contributed by atoms with van der Waals surface area (Å²) in [6.45, 7) is 3.03. The molecule has 1 unspecified atom stereocenters. The molecule has 2 nitrogen and oxygen atoms in total. The summed E-state index contributed by atoms with van der Waals surface area (Å²) < 4.78 is 4.83. The molecule has 9 heavy (non-hydrogen) atoms. The summed E-state index contributed by atoms with van der Waals surface area (Å²) in [5.41, 5.74) is 0. The number of aliphatic hydroxyl groups is 1. The van der Waals surface area contributed by atoms with Crippen LogP contribution in [0.15, 0.2) is 0 Å². The summed E-state index contributed by atoms with van der Waals surface area (Å²) in [5.74, 6) is 0.970. The second kappa shape index (κ2) is 6.39. The first-order valence-corrected chi connectivity index (χ1v) is 4.07. The SMILES string of the molecule is COCCSC(C)CO. The number of ether oxygens (including phenoxy) is 1. The molecular weight excluding hydrogens is 136 g/mol. The minimum absolute atomic E-state index is 0.258. The molecule has 0 aromatic rings. The lowest BCUT2D eigenvalue weighted by Gasteiger charge is -2.05. The van der Waals surface area contributed by atoms with E-state index in [1.165, 1.54) is 0 Å². The first-order valence-electron chi connectivity index (χ1n) is 3.02. The maximum Gasteiger partial charge on any atom is 0.0553 e. The highest BCUT2D eigenvalue weighted by atomic mass is 32.2. The lowest BCUT2D eigenvalue weighted by Crippen LogP contribution is -2.05. The number of aliphatic hydroxyl groups excluding tert-OH is 1. The molecule has 0 aliphatic rings. The normalized spacial score (nSPS) is 13.7. The maximum absolute atomic E-state index is 8.57. The first kappa shape index (κ1) is 9.27. The van der Waals surface area contributed by atoms with Crippen LogP contribution in [0.25, 0.3) is 0 Å². The molecule has 0 radical (unpaired) electrons. The van der Waals surface area contributed by atoms with Crippen LogP contribution in [0.3, 0.4) is 0 Å². The largest absolute Gasteiger partial charge is 0.395 e. The van der Waals surface area contributed by atoms with E-state index < -0.39 is 0 Å². The molecule has 0 saturated heterocycles. The van der Waals surface area contributed by atoms with Gasteiger partial charge in [-0.15, -0.1) is 0 Å². The van der Waals surface area contributed by atoms with Crippen LogP contribution < -0.4 is 0 Å². The number of rotatable bonds is 5. The summed E-state index contributed by atoms with van der Waals surface area (Å²) in [7, 11) is 1.68. The predicted octanol–water partition coefficient (Wildman–Crippen LogP) is 0.747. The summed E-state index contributed by atoms with van der Waals surface area (Å²) in [6, 6.07) is 0. The summed E-state index contributed by atoms with van der Waals surface area (Å²) >= 11 is 1.73. The molecule has 0 bridgehead atoms. The van der Waals surface area contributed by atoms with E-state index >= 15 is 0 Å². The second-order valence-electron chi connectivity index (χ2n) is 1.86. The van der Waals surface area contributed by atoms with Gasteiger partial charge in [0, 0.05) is 18.1 Å². The van der Waals surface area contributed by atoms with E-state index in [1.54, 1.807) is 18.9 Å². The lowest BCUT2D eigenvalue weighted by atomic mass is 10.5. The van der Waals surface area contributed by atoms with Gasteiger partial charge in [-0.05, 0) is 0 Å². The van der Waals surface area contributed by atoms with Gasteiger partial charge >= 0.3 is 0 Å². The molecular formula is C6H14O2S. The van der Waals surface area contributed by atoms with Gasteiger partial charge in [-0.25, -0.2) is 0 Å². The van der Waals surface area contributed by atoms with Gasteiger partial charge in [0.05, 0.1) is 13.2 Å². The highest BCUT2D eigenvalue weighted by Gasteiger charge is 1.97. The van der Waals surface area contributed by atoms with Crippen molar-refractivity contribution in [3.05, 3.63) is 0 Å². The highest BCUT2D eigenvalue weighted by molar-refractivity contribution is 7.99. The number of hydrogen-bond donors (Lipinski definition) is 1. The molecule has 0 aromatic carbocycles. The molecule has 0 heterocycles. The van der Waals surface area contributed by atoms with Gasteiger partial charge < -0.3 is 9.84 Å². The molecule has 0 rings (SSSR count). The quantitative estimate of drug-likeness (QED) is 0.586. The van der Waals surface area contributed by atoms with E-state index in [0.29, 0.717) is 5.25 Å². The zero-order chi connectivity index (χ0) is 7.11. The third-order valence-electron chi connectivity index (χ3n) is 0.947. The van der Waals surface area contributed by atoms with Crippen molar-refractivity contribution in [1.29, 1.82) is 0 Å². The van der Waals surface area contributed by atoms with E-state index in [4.69, 9.17) is 9.84 Å². The number of methoxy groups -OCH3 is 1. The average molecular weight is 150 g/mol. The minimum Gasteiger partial charge on any atom is -0.395 e. The van der Waals surface area contributed by atoms with Crippen molar-refractivity contribution in [2.75, 3.05) is 26.1 Å². The van der Waals surface area contributed by atoms with Crippen LogP contribution in [0, 0.1) is 0 Å². The first-order chi connectivity index (χ1) is 4.31. The third kappa shape index (κ3) is 6.15. The lowest BCUT2D eigenvalue weighted by molar-refractivity contribution is 0.218.